The van der Waals surface area contributed by atoms with Crippen molar-refractivity contribution in [2.75, 3.05) is 13.1 Å². The monoisotopic (exact) mass is 244 g/mol. The Bertz CT molecular complexity index is 531. The van der Waals surface area contributed by atoms with Gasteiger partial charge in [0.05, 0.1) is 12.9 Å². The number of ketones is 1. The topological polar surface area (TPSA) is 20.3 Å². The lowest BCUT2D eigenvalue weighted by molar-refractivity contribution is 0.0867. The largest absolute Gasteiger partial charge is 0.294 e. The van der Waals surface area contributed by atoms with Gasteiger partial charge in [0.1, 0.15) is 0 Å². The first kappa shape index (κ1) is 7.46. The Labute approximate surface area is 110 Å². The van der Waals surface area contributed by atoms with E-state index in [1.54, 1.807) is 6.92 Å². The number of benzene rings is 1. The van der Waals surface area contributed by atoms with Crippen molar-refractivity contribution in [1.82, 2.24) is 4.90 Å². The van der Waals surface area contributed by atoms with Gasteiger partial charge < -0.3 is 0 Å². The van der Waals surface area contributed by atoms with Crippen molar-refractivity contribution in [1.29, 1.82) is 0 Å². The number of likely N-dealkylation sites (tertiary alicyclic amines) is 1. The average molecular weight is 245 g/mol. The van der Waals surface area contributed by atoms with Crippen LogP contribution in [0.1, 0.15) is 37.0 Å². The second kappa shape index (κ2) is 6.02. The molecule has 0 N–H and O–H groups in total. The molecule has 2 rings (SSSR count). The zero-order valence-electron chi connectivity index (χ0n) is 14.2. The van der Waals surface area contributed by atoms with E-state index in [2.05, 4.69) is 0 Å². The van der Waals surface area contributed by atoms with Crippen LogP contribution in [0.5, 0.6) is 0 Å². The van der Waals surface area contributed by atoms with Crippen LogP contribution in [-0.2, 0) is 0 Å². The summed E-state index contributed by atoms with van der Waals surface area (Å²) in [7, 11) is 0. The van der Waals surface area contributed by atoms with Crippen LogP contribution in [0.15, 0.2) is 30.2 Å². The summed E-state index contributed by atoms with van der Waals surface area (Å²) in [5.74, 6) is -0.399. The lowest BCUT2D eigenvalue weighted by Gasteiger charge is -2.22. The summed E-state index contributed by atoms with van der Waals surface area (Å²) in [5.41, 5.74) is -0.199. The highest BCUT2D eigenvalue weighted by Crippen LogP contribution is 2.15. The summed E-state index contributed by atoms with van der Waals surface area (Å²) >= 11 is 0. The predicted octanol–water partition coefficient (Wildman–Crippen LogP) is 2.78. The third-order valence-electron chi connectivity index (χ3n) is 2.81. The molecule has 1 aliphatic rings. The number of nitrogens with zero attached hydrogens (tertiary/aromatic N) is 1. The molecule has 1 saturated heterocycles. The van der Waals surface area contributed by atoms with Crippen LogP contribution in [-0.4, -0.2) is 29.8 Å². The molecule has 3 heteroatoms. The molecule has 0 aromatic heterocycles. The Kier molecular flexibility index (Phi) is 2.81. The van der Waals surface area contributed by atoms with Crippen LogP contribution in [0, 0.1) is 0 Å². The minimum Gasteiger partial charge on any atom is -0.294 e. The molecule has 2 nitrogen and oxygen atoms in total. The maximum absolute atomic E-state index is 12.5. The summed E-state index contributed by atoms with van der Waals surface area (Å²) in [6, 6.07) is -2.66. The number of Topliss-reactive ketones (excluding diaryl/α,β-unsaturated/α-hetero) is 1. The van der Waals surface area contributed by atoms with Crippen LogP contribution >= 0.6 is 12.4 Å². The van der Waals surface area contributed by atoms with Crippen LogP contribution in [0.4, 0.5) is 0 Å². The Morgan fingerprint density at radius 1 is 1.31 bits per heavy atom. The Balaban J connectivity index is 0.00000220. The molecule has 0 radical (unpaired) electrons. The van der Waals surface area contributed by atoms with Crippen LogP contribution in [0.25, 0.3) is 0 Å². The number of hydrogen-bond acceptors (Lipinski definition) is 2. The number of hydrogen-bond donors (Lipinski definition) is 0. The summed E-state index contributed by atoms with van der Waals surface area (Å²) in [4.78, 5) is 14.5. The lowest BCUT2D eigenvalue weighted by Crippen LogP contribution is -2.36. The van der Waals surface area contributed by atoms with Crippen molar-refractivity contribution in [3.05, 3.63) is 35.8 Å². The van der Waals surface area contributed by atoms with E-state index in [9.17, 15) is 4.79 Å². The number of carbonyl (C=O) groups excluding carboxylic acids is 1. The van der Waals surface area contributed by atoms with Crippen molar-refractivity contribution in [3.8, 4) is 0 Å². The zero-order chi connectivity index (χ0) is 15.0. The van der Waals surface area contributed by atoms with Gasteiger partial charge in [-0.25, -0.2) is 0 Å². The van der Waals surface area contributed by atoms with Gasteiger partial charge in [-0.1, -0.05) is 30.2 Å². The van der Waals surface area contributed by atoms with Gasteiger partial charge in [-0.2, -0.15) is 0 Å². The molecule has 0 amide bonds. The Hall–Kier alpha value is -0.860. The molecule has 0 aliphatic carbocycles. The average Bonchev–Trinajstić information content (AvgIpc) is 2.96. The molecule has 1 fully saturated rings. The molecule has 0 spiro atoms. The highest BCUT2D eigenvalue weighted by molar-refractivity contribution is 5.99. The number of halogens is 1. The van der Waals surface area contributed by atoms with Gasteiger partial charge in [0.2, 0.25) is 0 Å². The number of carbonyl (C=O) groups is 1. The van der Waals surface area contributed by atoms with Crippen LogP contribution in [0.3, 0.4) is 0 Å². The van der Waals surface area contributed by atoms with Crippen LogP contribution < -0.4 is 0 Å². The highest BCUT2D eigenvalue weighted by Gasteiger charge is 2.24. The fourth-order valence-electron chi connectivity index (χ4n) is 1.88. The summed E-state index contributed by atoms with van der Waals surface area (Å²) in [5, 5.41) is 0. The molecule has 1 unspecified atom stereocenters. The predicted molar refractivity (Wildman–Crippen MR) is 68.3 cm³/mol. The van der Waals surface area contributed by atoms with Gasteiger partial charge in [0, 0.05) is 5.56 Å². The van der Waals surface area contributed by atoms with Gasteiger partial charge >= 0.3 is 0 Å². The van der Waals surface area contributed by atoms with E-state index < -0.39 is 42.0 Å². The first-order chi connectivity index (χ1) is 9.36. The van der Waals surface area contributed by atoms with Gasteiger partial charge in [-0.3, -0.25) is 9.69 Å². The summed E-state index contributed by atoms with van der Waals surface area (Å²) in [6.07, 6.45) is 2.05. The highest BCUT2D eigenvalue weighted by atomic mass is 35.5. The normalized spacial score (nSPS) is 22.2. The second-order valence-electron chi connectivity index (χ2n) is 3.78. The molecule has 1 aliphatic heterocycles. The fraction of sp³-hybridized carbons (Fsp3) is 0.462. The van der Waals surface area contributed by atoms with E-state index in [0.29, 0.717) is 0 Å². The van der Waals surface area contributed by atoms with E-state index in [1.165, 1.54) is 0 Å². The van der Waals surface area contributed by atoms with Crippen molar-refractivity contribution in [3.63, 3.8) is 0 Å². The fourth-order valence-corrected chi connectivity index (χ4v) is 1.88. The maximum atomic E-state index is 12.5. The third-order valence-corrected chi connectivity index (χ3v) is 2.81. The standard InChI is InChI=1S/C13H17NO.ClH/c1-11(14-9-5-6-10-14)13(15)12-7-3-2-4-8-12;/h2-4,7-8,11H,5-6,9-10H2,1H3;1H/i2D,3D,4D,7D,8D;. The van der Waals surface area contributed by atoms with Gasteiger partial charge in [-0.15, -0.1) is 12.4 Å². The van der Waals surface area contributed by atoms with E-state index in [1.807, 2.05) is 4.90 Å². The molecule has 1 aromatic carbocycles. The maximum Gasteiger partial charge on any atom is 0.179 e. The second-order valence-corrected chi connectivity index (χ2v) is 3.78. The van der Waals surface area contributed by atoms with Gasteiger partial charge in [-0.05, 0) is 32.9 Å². The summed E-state index contributed by atoms with van der Waals surface area (Å²) < 4.78 is 38.4. The minimum atomic E-state index is -0.467. The molecule has 0 saturated carbocycles. The first-order valence-corrected chi connectivity index (χ1v) is 5.21. The third kappa shape index (κ3) is 2.83. The molecule has 1 atom stereocenters. The Morgan fingerprint density at radius 2 is 1.88 bits per heavy atom. The van der Waals surface area contributed by atoms with Crippen LogP contribution in [0.2, 0.25) is 0 Å². The first-order valence-electron chi connectivity index (χ1n) is 7.71. The quantitative estimate of drug-likeness (QED) is 0.763. The SMILES string of the molecule is Cl.[2H]c1c([2H])c([2H])c(C(=O)C(C)N2CCCC2)c([2H])c1[2H]. The Morgan fingerprint density at radius 3 is 2.44 bits per heavy atom. The molecule has 88 valence electrons. The van der Waals surface area contributed by atoms with Gasteiger partial charge in [0.15, 0.2) is 5.78 Å². The van der Waals surface area contributed by atoms with E-state index in [4.69, 9.17) is 6.85 Å². The minimum absolute atomic E-state index is 0. The van der Waals surface area contributed by atoms with Crippen molar-refractivity contribution in [2.24, 2.45) is 0 Å². The molecule has 1 heterocycles. The molecule has 1 aromatic rings. The van der Waals surface area contributed by atoms with Crippen molar-refractivity contribution >= 4 is 18.2 Å². The zero-order valence-corrected chi connectivity index (χ0v) is 9.99. The van der Waals surface area contributed by atoms with Crippen molar-refractivity contribution in [2.45, 2.75) is 25.8 Å². The lowest BCUT2D eigenvalue weighted by atomic mass is 10.0. The summed E-state index contributed by atoms with van der Waals surface area (Å²) in [6.45, 7) is 3.35. The van der Waals surface area contributed by atoms with E-state index in [-0.39, 0.29) is 18.0 Å². The van der Waals surface area contributed by atoms with Crippen molar-refractivity contribution < 1.29 is 11.6 Å². The molecule has 16 heavy (non-hydrogen) atoms. The molecular weight excluding hydrogens is 222 g/mol. The smallest absolute Gasteiger partial charge is 0.179 e. The molecule has 0 bridgehead atoms. The number of rotatable bonds is 3. The van der Waals surface area contributed by atoms with E-state index in [0.717, 1.165) is 25.9 Å². The molecular formula is C13H18ClNO. The van der Waals surface area contributed by atoms with Gasteiger partial charge in [0.25, 0.3) is 0 Å². The van der Waals surface area contributed by atoms with E-state index >= 15 is 0 Å².